The Hall–Kier alpha value is -2.91. The van der Waals surface area contributed by atoms with Crippen LogP contribution in [0.25, 0.3) is 5.70 Å². The van der Waals surface area contributed by atoms with Gasteiger partial charge in [0.15, 0.2) is 0 Å². The predicted molar refractivity (Wildman–Crippen MR) is 71.0 cm³/mol. The number of rotatable bonds is 2. The number of hydrogen-bond acceptors (Lipinski definition) is 4. The van der Waals surface area contributed by atoms with Gasteiger partial charge in [0.25, 0.3) is 0 Å². The summed E-state index contributed by atoms with van der Waals surface area (Å²) in [5, 5.41) is 8.66. The first-order valence-electron chi connectivity index (χ1n) is 6.40. The van der Waals surface area contributed by atoms with E-state index in [0.29, 0.717) is 11.2 Å². The van der Waals surface area contributed by atoms with Crippen LogP contribution >= 0.6 is 0 Å². The Kier molecular flexibility index (Phi) is 4.34. The lowest BCUT2D eigenvalue weighted by Gasteiger charge is -2.32. The minimum Gasteiger partial charge on any atom is -0.462 e. The lowest BCUT2D eigenvalue weighted by atomic mass is 10.2. The smallest absolute Gasteiger partial charge is 0.462 e. The molecule has 1 aromatic rings. The van der Waals surface area contributed by atoms with Crippen LogP contribution in [0.5, 0.6) is 0 Å². The number of alkyl halides is 3. The summed E-state index contributed by atoms with van der Waals surface area (Å²) < 4.78 is 43.9. The van der Waals surface area contributed by atoms with Crippen LogP contribution in [0.2, 0.25) is 0 Å². The van der Waals surface area contributed by atoms with Gasteiger partial charge in [-0.3, -0.25) is 0 Å². The highest BCUT2D eigenvalue weighted by atomic mass is 19.4. The van der Waals surface area contributed by atoms with E-state index in [9.17, 15) is 22.8 Å². The maximum Gasteiger partial charge on any atom is 0.504 e. The van der Waals surface area contributed by atoms with Crippen LogP contribution in [-0.4, -0.2) is 45.3 Å². The molecule has 1 aromatic carbocycles. The molecule has 0 saturated carbocycles. The van der Waals surface area contributed by atoms with Crippen LogP contribution in [0.3, 0.4) is 0 Å². The van der Waals surface area contributed by atoms with Crippen molar-refractivity contribution in [2.24, 2.45) is 0 Å². The Balaban J connectivity index is 2.54. The van der Waals surface area contributed by atoms with Crippen molar-refractivity contribution in [3.8, 4) is 0 Å². The third kappa shape index (κ3) is 3.15. The van der Waals surface area contributed by atoms with E-state index in [0.717, 1.165) is 0 Å². The van der Waals surface area contributed by atoms with Crippen molar-refractivity contribution in [2.45, 2.75) is 13.2 Å². The highest BCUT2D eigenvalue weighted by Crippen LogP contribution is 2.36. The van der Waals surface area contributed by atoms with Crippen LogP contribution in [-0.2, 0) is 4.74 Å². The molecule has 0 atom stereocenters. The number of hydrogen-bond donors (Lipinski definition) is 1. The monoisotopic (exact) mass is 331 g/mol. The van der Waals surface area contributed by atoms with Gasteiger partial charge in [-0.2, -0.15) is 10.0 Å². The summed E-state index contributed by atoms with van der Waals surface area (Å²) in [6, 6.07) is 7.60. The van der Waals surface area contributed by atoms with E-state index >= 15 is 0 Å². The van der Waals surface area contributed by atoms with E-state index in [1.165, 1.54) is 19.1 Å². The summed E-state index contributed by atoms with van der Waals surface area (Å²) in [5.41, 5.74) is -0.0534. The van der Waals surface area contributed by atoms with E-state index in [1.54, 1.807) is 18.2 Å². The van der Waals surface area contributed by atoms with Crippen LogP contribution in [0.4, 0.5) is 22.8 Å². The average molecular weight is 331 g/mol. The van der Waals surface area contributed by atoms with Crippen LogP contribution in [0.15, 0.2) is 36.5 Å². The summed E-state index contributed by atoms with van der Waals surface area (Å²) in [4.78, 5) is 23.2. The first-order chi connectivity index (χ1) is 10.8. The van der Waals surface area contributed by atoms with Crippen molar-refractivity contribution in [2.75, 3.05) is 6.61 Å². The summed E-state index contributed by atoms with van der Waals surface area (Å²) in [5.74, 6) is 0. The largest absolute Gasteiger partial charge is 0.504 e. The number of carboxylic acid groups (broad SMARTS) is 1. The van der Waals surface area contributed by atoms with Gasteiger partial charge in [0.05, 0.1) is 18.5 Å². The number of amides is 2. The second kappa shape index (κ2) is 6.07. The second-order valence-corrected chi connectivity index (χ2v) is 4.28. The number of benzene rings is 1. The van der Waals surface area contributed by atoms with Crippen LogP contribution in [0, 0.1) is 0 Å². The lowest BCUT2D eigenvalue weighted by Crippen LogP contribution is -2.55. The molecule has 1 aliphatic rings. The Morgan fingerprint density at radius 1 is 1.22 bits per heavy atom. The topological polar surface area (TPSA) is 73.3 Å². The number of carbonyl (C=O) groups excluding carboxylic acids is 1. The Morgan fingerprint density at radius 3 is 2.30 bits per heavy atom. The fourth-order valence-corrected chi connectivity index (χ4v) is 1.95. The van der Waals surface area contributed by atoms with Gasteiger partial charge >= 0.3 is 18.5 Å². The van der Waals surface area contributed by atoms with Gasteiger partial charge in [0.2, 0.25) is 0 Å². The zero-order valence-electron chi connectivity index (χ0n) is 11.8. The summed E-state index contributed by atoms with van der Waals surface area (Å²) >= 11 is 0. The number of nitrogens with zero attached hydrogens (tertiary/aromatic N) is 3. The third-order valence-corrected chi connectivity index (χ3v) is 2.81. The van der Waals surface area contributed by atoms with Gasteiger partial charge in [0.1, 0.15) is 0 Å². The molecule has 0 spiro atoms. The van der Waals surface area contributed by atoms with Crippen molar-refractivity contribution in [3.63, 3.8) is 0 Å². The van der Waals surface area contributed by atoms with Gasteiger partial charge in [0, 0.05) is 5.56 Å². The summed E-state index contributed by atoms with van der Waals surface area (Å²) in [7, 11) is 0. The molecule has 0 aliphatic carbocycles. The fraction of sp³-hybridized carbons (Fsp3) is 0.231. The molecule has 23 heavy (non-hydrogen) atoms. The molecule has 10 heteroatoms. The quantitative estimate of drug-likeness (QED) is 0.843. The molecular weight excluding hydrogens is 319 g/mol. The highest BCUT2D eigenvalue weighted by molar-refractivity contribution is 5.85. The molecule has 1 heterocycles. The molecule has 0 fully saturated rings. The van der Waals surface area contributed by atoms with Gasteiger partial charge in [-0.15, -0.1) is 18.3 Å². The molecule has 1 N–H and O–H groups in total. The van der Waals surface area contributed by atoms with Crippen molar-refractivity contribution in [1.29, 1.82) is 0 Å². The standard InChI is InChI=1S/C13H12F3N3O4/c1-2-23-12(22)18-10(9-6-4-3-5-7-9)8-17(13(14,15)16)19(18)11(20)21/h3-8H,2H2,1H3,(H,20,21). The molecule has 124 valence electrons. The molecule has 2 rings (SSSR count). The molecule has 2 amide bonds. The minimum absolute atomic E-state index is 0.128. The molecule has 0 bridgehead atoms. The van der Waals surface area contributed by atoms with Gasteiger partial charge in [-0.25, -0.2) is 9.59 Å². The number of halogens is 3. The lowest BCUT2D eigenvalue weighted by molar-refractivity contribution is -0.298. The molecule has 7 nitrogen and oxygen atoms in total. The number of ether oxygens (including phenoxy) is 1. The van der Waals surface area contributed by atoms with Crippen molar-refractivity contribution >= 4 is 17.9 Å². The Morgan fingerprint density at radius 2 is 1.83 bits per heavy atom. The molecule has 0 saturated heterocycles. The van der Waals surface area contributed by atoms with Gasteiger partial charge < -0.3 is 9.84 Å². The maximum absolute atomic E-state index is 13.1. The number of carbonyl (C=O) groups is 2. The molecule has 0 aromatic heterocycles. The molecule has 0 unspecified atom stereocenters. The zero-order valence-corrected chi connectivity index (χ0v) is 11.8. The van der Waals surface area contributed by atoms with Crippen molar-refractivity contribution in [1.82, 2.24) is 15.1 Å². The maximum atomic E-state index is 13.1. The van der Waals surface area contributed by atoms with E-state index in [2.05, 4.69) is 4.74 Å². The normalized spacial score (nSPS) is 14.8. The predicted octanol–water partition coefficient (Wildman–Crippen LogP) is 3.09. The zero-order chi connectivity index (χ0) is 17.2. The molecular formula is C13H12F3N3O4. The minimum atomic E-state index is -5.04. The van der Waals surface area contributed by atoms with Gasteiger partial charge in [-0.1, -0.05) is 30.3 Å². The number of hydrazine groups is 2. The summed E-state index contributed by atoms with van der Waals surface area (Å²) in [6.07, 6.45) is -7.76. The first kappa shape index (κ1) is 16.5. The average Bonchev–Trinajstić information content (AvgIpc) is 2.89. The molecule has 1 aliphatic heterocycles. The fourth-order valence-electron chi connectivity index (χ4n) is 1.95. The van der Waals surface area contributed by atoms with E-state index < -0.39 is 23.5 Å². The van der Waals surface area contributed by atoms with Crippen LogP contribution < -0.4 is 0 Å². The van der Waals surface area contributed by atoms with Crippen molar-refractivity contribution in [3.05, 3.63) is 42.1 Å². The van der Waals surface area contributed by atoms with E-state index in [4.69, 9.17) is 5.11 Å². The van der Waals surface area contributed by atoms with Gasteiger partial charge in [-0.05, 0) is 6.92 Å². The van der Waals surface area contributed by atoms with E-state index in [1.807, 2.05) is 0 Å². The Bertz CT molecular complexity index is 633. The third-order valence-electron chi connectivity index (χ3n) is 2.81. The van der Waals surface area contributed by atoms with Crippen LogP contribution in [0.1, 0.15) is 12.5 Å². The summed E-state index contributed by atoms with van der Waals surface area (Å²) in [6.45, 7) is 1.32. The second-order valence-electron chi connectivity index (χ2n) is 4.28. The van der Waals surface area contributed by atoms with E-state index in [-0.39, 0.29) is 23.0 Å². The molecule has 0 radical (unpaired) electrons. The highest BCUT2D eigenvalue weighted by Gasteiger charge is 2.51. The Labute approximate surface area is 128 Å². The SMILES string of the molecule is CCOC(=O)N1C(c2ccccc2)=CN(C(F)(F)F)N1C(=O)O. The first-order valence-corrected chi connectivity index (χ1v) is 6.40. The van der Waals surface area contributed by atoms with Crippen molar-refractivity contribution < 1.29 is 32.6 Å².